The van der Waals surface area contributed by atoms with Crippen molar-refractivity contribution in [1.29, 1.82) is 0 Å². The Bertz CT molecular complexity index is 450. The molecule has 1 saturated carbocycles. The number of alkyl halides is 3. The van der Waals surface area contributed by atoms with Crippen molar-refractivity contribution in [3.8, 4) is 0 Å². The molecule has 0 bridgehead atoms. The van der Waals surface area contributed by atoms with Crippen LogP contribution in [0.15, 0.2) is 23.1 Å². The van der Waals surface area contributed by atoms with E-state index in [1.807, 2.05) is 0 Å². The Balaban J connectivity index is 2.41. The molecule has 0 aromatic heterocycles. The Hall–Kier alpha value is -0.970. The predicted molar refractivity (Wildman–Crippen MR) is 60.3 cm³/mol. The Kier molecular flexibility index (Phi) is 3.21. The van der Waals surface area contributed by atoms with Crippen molar-refractivity contribution in [1.82, 2.24) is 0 Å². The molecular weight excluding hydrogens is 249 g/mol. The number of hydrogen-bond acceptors (Lipinski definition) is 2. The van der Waals surface area contributed by atoms with Crippen LogP contribution < -0.4 is 0 Å². The van der Waals surface area contributed by atoms with Gasteiger partial charge >= 0.3 is 6.18 Å². The Labute approximate surface area is 101 Å². The van der Waals surface area contributed by atoms with Crippen LogP contribution in [0.3, 0.4) is 0 Å². The Morgan fingerprint density at radius 2 is 1.94 bits per heavy atom. The molecule has 1 aromatic carbocycles. The summed E-state index contributed by atoms with van der Waals surface area (Å²) in [6.45, 7) is 0. The van der Waals surface area contributed by atoms with Crippen LogP contribution in [-0.2, 0) is 6.18 Å². The van der Waals surface area contributed by atoms with Gasteiger partial charge in [-0.1, -0.05) is 0 Å². The molecule has 1 nitrogen and oxygen atoms in total. The monoisotopic (exact) mass is 260 g/mol. The second kappa shape index (κ2) is 4.37. The third-order valence-electron chi connectivity index (χ3n) is 2.70. The van der Waals surface area contributed by atoms with Gasteiger partial charge in [0.1, 0.15) is 0 Å². The van der Waals surface area contributed by atoms with E-state index in [4.69, 9.17) is 0 Å². The van der Waals surface area contributed by atoms with Crippen LogP contribution >= 0.6 is 11.8 Å². The van der Waals surface area contributed by atoms with E-state index in [0.717, 1.165) is 25.0 Å². The predicted octanol–water partition coefficient (Wildman–Crippen LogP) is 4.02. The highest BCUT2D eigenvalue weighted by molar-refractivity contribution is 7.98. The minimum absolute atomic E-state index is 0.0619. The van der Waals surface area contributed by atoms with Crippen LogP contribution in [0.4, 0.5) is 13.2 Å². The van der Waals surface area contributed by atoms with Crippen LogP contribution in [-0.4, -0.2) is 12.0 Å². The average Bonchev–Trinajstić information content (AvgIpc) is 3.10. The van der Waals surface area contributed by atoms with Gasteiger partial charge in [0.2, 0.25) is 0 Å². The van der Waals surface area contributed by atoms with Gasteiger partial charge in [0.15, 0.2) is 5.78 Å². The second-order valence-corrected chi connectivity index (χ2v) is 4.97. The molecule has 0 radical (unpaired) electrons. The van der Waals surface area contributed by atoms with E-state index in [1.54, 1.807) is 12.3 Å². The van der Waals surface area contributed by atoms with Gasteiger partial charge in [-0.3, -0.25) is 4.79 Å². The molecule has 0 heterocycles. The van der Waals surface area contributed by atoms with E-state index in [-0.39, 0.29) is 17.3 Å². The van der Waals surface area contributed by atoms with Crippen LogP contribution in [0.2, 0.25) is 0 Å². The van der Waals surface area contributed by atoms with Crippen molar-refractivity contribution in [2.45, 2.75) is 23.9 Å². The summed E-state index contributed by atoms with van der Waals surface area (Å²) >= 11 is 1.21. The van der Waals surface area contributed by atoms with Gasteiger partial charge in [-0.25, -0.2) is 0 Å². The zero-order valence-electron chi connectivity index (χ0n) is 9.17. The molecule has 1 aliphatic carbocycles. The lowest BCUT2D eigenvalue weighted by atomic mass is 10.0. The largest absolute Gasteiger partial charge is 0.416 e. The van der Waals surface area contributed by atoms with E-state index >= 15 is 0 Å². The third kappa shape index (κ3) is 2.83. The van der Waals surface area contributed by atoms with Crippen molar-refractivity contribution in [2.75, 3.05) is 6.26 Å². The van der Waals surface area contributed by atoms with Crippen molar-refractivity contribution in [2.24, 2.45) is 5.92 Å². The fraction of sp³-hybridized carbons (Fsp3) is 0.417. The highest BCUT2D eigenvalue weighted by Gasteiger charge is 2.34. The molecule has 0 saturated heterocycles. The summed E-state index contributed by atoms with van der Waals surface area (Å²) in [5, 5.41) is 0. The molecule has 0 aliphatic heterocycles. The quantitative estimate of drug-likeness (QED) is 0.603. The Morgan fingerprint density at radius 1 is 1.29 bits per heavy atom. The topological polar surface area (TPSA) is 17.1 Å². The minimum atomic E-state index is -4.40. The number of carbonyl (C=O) groups is 1. The van der Waals surface area contributed by atoms with Crippen LogP contribution in [0, 0.1) is 5.92 Å². The summed E-state index contributed by atoms with van der Waals surface area (Å²) < 4.78 is 37.9. The molecule has 17 heavy (non-hydrogen) atoms. The van der Waals surface area contributed by atoms with Gasteiger partial charge in [-0.15, -0.1) is 11.8 Å². The maximum atomic E-state index is 12.6. The van der Waals surface area contributed by atoms with E-state index in [9.17, 15) is 18.0 Å². The molecule has 1 fully saturated rings. The Morgan fingerprint density at radius 3 is 2.41 bits per heavy atom. The lowest BCUT2D eigenvalue weighted by molar-refractivity contribution is -0.137. The number of thioether (sulfide) groups is 1. The van der Waals surface area contributed by atoms with E-state index in [0.29, 0.717) is 4.90 Å². The summed E-state index contributed by atoms with van der Waals surface area (Å²) in [5.41, 5.74) is -0.556. The van der Waals surface area contributed by atoms with Crippen LogP contribution in [0.1, 0.15) is 28.8 Å². The van der Waals surface area contributed by atoms with Gasteiger partial charge < -0.3 is 0 Å². The molecule has 2 rings (SSSR count). The molecule has 5 heteroatoms. The van der Waals surface area contributed by atoms with Crippen LogP contribution in [0.5, 0.6) is 0 Å². The molecule has 1 aliphatic rings. The van der Waals surface area contributed by atoms with Crippen molar-refractivity contribution in [3.05, 3.63) is 29.3 Å². The van der Waals surface area contributed by atoms with Gasteiger partial charge in [-0.2, -0.15) is 13.2 Å². The lowest BCUT2D eigenvalue weighted by Gasteiger charge is -2.10. The number of halogens is 3. The van der Waals surface area contributed by atoms with Gasteiger partial charge in [-0.05, 0) is 37.3 Å². The zero-order valence-corrected chi connectivity index (χ0v) is 9.99. The number of rotatable bonds is 3. The minimum Gasteiger partial charge on any atom is -0.294 e. The average molecular weight is 260 g/mol. The smallest absolute Gasteiger partial charge is 0.294 e. The first kappa shape index (κ1) is 12.5. The summed E-state index contributed by atoms with van der Waals surface area (Å²) in [6.07, 6.45) is -1.11. The number of hydrogen-bond donors (Lipinski definition) is 0. The molecule has 0 amide bonds. The summed E-state index contributed by atoms with van der Waals surface area (Å²) in [6, 6.07) is 3.58. The first-order valence-electron chi connectivity index (χ1n) is 5.22. The molecule has 0 N–H and O–H groups in total. The summed E-state index contributed by atoms with van der Waals surface area (Å²) in [4.78, 5) is 12.3. The molecule has 0 atom stereocenters. The molecule has 0 spiro atoms. The van der Waals surface area contributed by atoms with Crippen molar-refractivity contribution in [3.63, 3.8) is 0 Å². The fourth-order valence-corrected chi connectivity index (χ4v) is 2.09. The first-order valence-corrected chi connectivity index (χ1v) is 6.45. The third-order valence-corrected chi connectivity index (χ3v) is 3.41. The van der Waals surface area contributed by atoms with E-state index < -0.39 is 11.7 Å². The van der Waals surface area contributed by atoms with Gasteiger partial charge in [0.25, 0.3) is 0 Å². The first-order chi connectivity index (χ1) is 7.91. The normalized spacial score (nSPS) is 16.0. The summed E-state index contributed by atoms with van der Waals surface area (Å²) in [7, 11) is 0. The van der Waals surface area contributed by atoms with E-state index in [1.165, 1.54) is 11.8 Å². The number of ketones is 1. The highest BCUT2D eigenvalue weighted by Crippen LogP contribution is 2.36. The highest BCUT2D eigenvalue weighted by atomic mass is 32.2. The second-order valence-electron chi connectivity index (χ2n) is 4.09. The SMILES string of the molecule is CSc1cc(C(=O)C2CC2)cc(C(F)(F)F)c1. The standard InChI is InChI=1S/C12H11F3OS/c1-17-10-5-8(11(16)7-2-3-7)4-9(6-10)12(13,14)15/h4-7H,2-3H2,1H3. The fourth-order valence-electron chi connectivity index (χ4n) is 1.60. The summed E-state index contributed by atoms with van der Waals surface area (Å²) in [5.74, 6) is -0.223. The molecular formula is C12H11F3OS. The van der Waals surface area contributed by atoms with Crippen molar-refractivity contribution >= 4 is 17.5 Å². The molecule has 0 unspecified atom stereocenters. The van der Waals surface area contributed by atoms with E-state index in [2.05, 4.69) is 0 Å². The van der Waals surface area contributed by atoms with Gasteiger partial charge in [0.05, 0.1) is 5.56 Å². The number of carbonyl (C=O) groups excluding carboxylic acids is 1. The number of Topliss-reactive ketones (excluding diaryl/α,β-unsaturated/α-hetero) is 1. The van der Waals surface area contributed by atoms with Crippen LogP contribution in [0.25, 0.3) is 0 Å². The maximum absolute atomic E-state index is 12.6. The molecule has 1 aromatic rings. The maximum Gasteiger partial charge on any atom is 0.416 e. The number of benzene rings is 1. The molecule has 92 valence electrons. The van der Waals surface area contributed by atoms with Gasteiger partial charge in [0, 0.05) is 16.4 Å². The lowest BCUT2D eigenvalue weighted by Crippen LogP contribution is -2.09. The van der Waals surface area contributed by atoms with Crippen molar-refractivity contribution < 1.29 is 18.0 Å². The zero-order chi connectivity index (χ0) is 12.6.